The van der Waals surface area contributed by atoms with Gasteiger partial charge in [0.25, 0.3) is 0 Å². The molecular formula is C11H17N5. The zero-order chi connectivity index (χ0) is 11.7. The van der Waals surface area contributed by atoms with Crippen LogP contribution in [0, 0.1) is 0 Å². The number of imidazole rings is 1. The highest BCUT2D eigenvalue weighted by Crippen LogP contribution is 2.20. The van der Waals surface area contributed by atoms with Crippen molar-refractivity contribution in [3.63, 3.8) is 0 Å². The molecule has 0 bridgehead atoms. The second kappa shape index (κ2) is 4.08. The van der Waals surface area contributed by atoms with E-state index in [9.17, 15) is 0 Å². The molecule has 5 heteroatoms. The number of fused-ring (bicyclic) bond motifs is 1. The van der Waals surface area contributed by atoms with Gasteiger partial charge in [0.15, 0.2) is 5.65 Å². The SMILES string of the molecule is CCCc1nc2cnc(N)nc2n1C(C)C. The lowest BCUT2D eigenvalue weighted by Crippen LogP contribution is -2.07. The number of aromatic nitrogens is 4. The van der Waals surface area contributed by atoms with Crippen molar-refractivity contribution in [3.8, 4) is 0 Å². The van der Waals surface area contributed by atoms with E-state index in [1.807, 2.05) is 0 Å². The Balaban J connectivity index is 2.67. The Labute approximate surface area is 94.7 Å². The van der Waals surface area contributed by atoms with Gasteiger partial charge in [0.05, 0.1) is 6.20 Å². The number of hydrogen-bond acceptors (Lipinski definition) is 4. The van der Waals surface area contributed by atoms with Crippen LogP contribution in [0.5, 0.6) is 0 Å². The minimum absolute atomic E-state index is 0.303. The molecule has 0 amide bonds. The first kappa shape index (κ1) is 10.9. The van der Waals surface area contributed by atoms with Gasteiger partial charge in [0, 0.05) is 12.5 Å². The molecule has 0 saturated carbocycles. The summed E-state index contributed by atoms with van der Waals surface area (Å²) < 4.78 is 2.14. The minimum Gasteiger partial charge on any atom is -0.368 e. The van der Waals surface area contributed by atoms with Crippen molar-refractivity contribution in [2.24, 2.45) is 0 Å². The van der Waals surface area contributed by atoms with E-state index >= 15 is 0 Å². The van der Waals surface area contributed by atoms with Crippen molar-refractivity contribution in [2.75, 3.05) is 5.73 Å². The lowest BCUT2D eigenvalue weighted by Gasteiger charge is -2.11. The Bertz CT molecular complexity index is 500. The Morgan fingerprint density at radius 1 is 1.38 bits per heavy atom. The average Bonchev–Trinajstić information content (AvgIpc) is 2.55. The maximum atomic E-state index is 5.61. The molecule has 0 radical (unpaired) electrons. The second-order valence-electron chi connectivity index (χ2n) is 4.18. The third kappa shape index (κ3) is 1.73. The summed E-state index contributed by atoms with van der Waals surface area (Å²) in [5, 5.41) is 0. The van der Waals surface area contributed by atoms with Crippen LogP contribution < -0.4 is 5.73 Å². The van der Waals surface area contributed by atoms with Crippen LogP contribution in [-0.2, 0) is 6.42 Å². The summed E-state index contributed by atoms with van der Waals surface area (Å²) in [6.07, 6.45) is 3.71. The summed E-state index contributed by atoms with van der Waals surface area (Å²) in [5.74, 6) is 1.37. The van der Waals surface area contributed by atoms with Gasteiger partial charge in [-0.2, -0.15) is 4.98 Å². The van der Waals surface area contributed by atoms with Gasteiger partial charge < -0.3 is 10.3 Å². The fraction of sp³-hybridized carbons (Fsp3) is 0.545. The maximum absolute atomic E-state index is 5.61. The van der Waals surface area contributed by atoms with E-state index in [0.717, 1.165) is 29.8 Å². The van der Waals surface area contributed by atoms with Crippen LogP contribution in [0.25, 0.3) is 11.2 Å². The highest BCUT2D eigenvalue weighted by atomic mass is 15.2. The van der Waals surface area contributed by atoms with Crippen molar-refractivity contribution < 1.29 is 0 Å². The molecule has 5 nitrogen and oxygen atoms in total. The van der Waals surface area contributed by atoms with Crippen LogP contribution in [0.4, 0.5) is 5.95 Å². The summed E-state index contributed by atoms with van der Waals surface area (Å²) in [6.45, 7) is 6.39. The van der Waals surface area contributed by atoms with E-state index in [1.54, 1.807) is 6.20 Å². The van der Waals surface area contributed by atoms with Crippen molar-refractivity contribution >= 4 is 17.1 Å². The predicted octanol–water partition coefficient (Wildman–Crippen LogP) is 1.94. The molecule has 0 atom stereocenters. The molecule has 0 aliphatic carbocycles. The third-order valence-corrected chi connectivity index (χ3v) is 2.51. The van der Waals surface area contributed by atoms with Crippen LogP contribution in [0.15, 0.2) is 6.20 Å². The van der Waals surface area contributed by atoms with Gasteiger partial charge in [0.2, 0.25) is 5.95 Å². The Hall–Kier alpha value is -1.65. The number of nitrogens with zero attached hydrogens (tertiary/aromatic N) is 4. The third-order valence-electron chi connectivity index (χ3n) is 2.51. The maximum Gasteiger partial charge on any atom is 0.222 e. The molecule has 0 aliphatic rings. The van der Waals surface area contributed by atoms with Crippen LogP contribution in [0.2, 0.25) is 0 Å². The molecule has 0 aromatic carbocycles. The van der Waals surface area contributed by atoms with Gasteiger partial charge in [-0.1, -0.05) is 6.92 Å². The van der Waals surface area contributed by atoms with Gasteiger partial charge in [-0.15, -0.1) is 0 Å². The topological polar surface area (TPSA) is 69.6 Å². The lowest BCUT2D eigenvalue weighted by atomic mass is 10.3. The quantitative estimate of drug-likeness (QED) is 0.856. The fourth-order valence-electron chi connectivity index (χ4n) is 1.89. The smallest absolute Gasteiger partial charge is 0.222 e. The van der Waals surface area contributed by atoms with E-state index in [1.165, 1.54) is 0 Å². The van der Waals surface area contributed by atoms with Crippen molar-refractivity contribution in [2.45, 2.75) is 39.7 Å². The molecule has 0 aliphatic heterocycles. The average molecular weight is 219 g/mol. The summed E-state index contributed by atoms with van der Waals surface area (Å²) in [6, 6.07) is 0.334. The number of hydrogen-bond donors (Lipinski definition) is 1. The van der Waals surface area contributed by atoms with E-state index in [2.05, 4.69) is 40.3 Å². The van der Waals surface area contributed by atoms with E-state index < -0.39 is 0 Å². The summed E-state index contributed by atoms with van der Waals surface area (Å²) in [4.78, 5) is 12.8. The van der Waals surface area contributed by atoms with Crippen LogP contribution in [-0.4, -0.2) is 19.5 Å². The summed E-state index contributed by atoms with van der Waals surface area (Å²) in [5.41, 5.74) is 7.28. The standard InChI is InChI=1S/C11H17N5/c1-4-5-9-14-8-6-13-11(12)15-10(8)16(9)7(2)3/h6-7H,4-5H2,1-3H3,(H2,12,13,15). The normalized spacial score (nSPS) is 11.5. The second-order valence-corrected chi connectivity index (χ2v) is 4.18. The van der Waals surface area contributed by atoms with Crippen LogP contribution >= 0.6 is 0 Å². The van der Waals surface area contributed by atoms with Gasteiger partial charge in [-0.25, -0.2) is 9.97 Å². The number of nitrogens with two attached hydrogens (primary N) is 1. The minimum atomic E-state index is 0.303. The molecular weight excluding hydrogens is 202 g/mol. The molecule has 2 aromatic rings. The molecule has 0 unspecified atom stereocenters. The molecule has 2 aromatic heterocycles. The summed E-state index contributed by atoms with van der Waals surface area (Å²) in [7, 11) is 0. The Morgan fingerprint density at radius 2 is 2.12 bits per heavy atom. The monoisotopic (exact) mass is 219 g/mol. The number of rotatable bonds is 3. The number of anilines is 1. The Morgan fingerprint density at radius 3 is 2.75 bits per heavy atom. The molecule has 0 spiro atoms. The van der Waals surface area contributed by atoms with Gasteiger partial charge >= 0.3 is 0 Å². The molecule has 0 fully saturated rings. The fourth-order valence-corrected chi connectivity index (χ4v) is 1.89. The largest absolute Gasteiger partial charge is 0.368 e. The molecule has 2 rings (SSSR count). The van der Waals surface area contributed by atoms with Gasteiger partial charge in [-0.3, -0.25) is 0 Å². The van der Waals surface area contributed by atoms with E-state index in [-0.39, 0.29) is 0 Å². The number of nitrogen functional groups attached to an aromatic ring is 1. The van der Waals surface area contributed by atoms with E-state index in [4.69, 9.17) is 5.73 Å². The lowest BCUT2D eigenvalue weighted by molar-refractivity contribution is 0.576. The Kier molecular flexibility index (Phi) is 2.77. The van der Waals surface area contributed by atoms with Gasteiger partial charge in [-0.05, 0) is 20.3 Å². The van der Waals surface area contributed by atoms with Gasteiger partial charge in [0.1, 0.15) is 11.3 Å². The highest BCUT2D eigenvalue weighted by Gasteiger charge is 2.14. The first-order chi connectivity index (χ1) is 7.63. The zero-order valence-corrected chi connectivity index (χ0v) is 9.94. The molecule has 2 N–H and O–H groups in total. The van der Waals surface area contributed by atoms with E-state index in [0.29, 0.717) is 12.0 Å². The molecule has 2 heterocycles. The number of aryl methyl sites for hydroxylation is 1. The van der Waals surface area contributed by atoms with Crippen LogP contribution in [0.3, 0.4) is 0 Å². The predicted molar refractivity (Wildman–Crippen MR) is 64.1 cm³/mol. The van der Waals surface area contributed by atoms with Crippen molar-refractivity contribution in [3.05, 3.63) is 12.0 Å². The highest BCUT2D eigenvalue weighted by molar-refractivity contribution is 5.71. The molecule has 86 valence electrons. The van der Waals surface area contributed by atoms with Crippen molar-refractivity contribution in [1.29, 1.82) is 0 Å². The first-order valence-corrected chi connectivity index (χ1v) is 5.62. The molecule has 16 heavy (non-hydrogen) atoms. The van der Waals surface area contributed by atoms with Crippen LogP contribution in [0.1, 0.15) is 39.1 Å². The summed E-state index contributed by atoms with van der Waals surface area (Å²) >= 11 is 0. The zero-order valence-electron chi connectivity index (χ0n) is 9.94. The van der Waals surface area contributed by atoms with Crippen molar-refractivity contribution in [1.82, 2.24) is 19.5 Å². The molecule has 0 saturated heterocycles. The first-order valence-electron chi connectivity index (χ1n) is 5.62.